The first kappa shape index (κ1) is 30.6. The van der Waals surface area contributed by atoms with Crippen LogP contribution in [0.25, 0.3) is 0 Å². The van der Waals surface area contributed by atoms with Crippen LogP contribution in [-0.4, -0.2) is 69.9 Å². The molecule has 6 rings (SSSR count). The van der Waals surface area contributed by atoms with Crippen LogP contribution in [0.4, 0.5) is 5.69 Å². The van der Waals surface area contributed by atoms with E-state index in [1.807, 2.05) is 6.07 Å². The number of fused-ring (bicyclic) bond motifs is 3. The number of halogens is 1. The summed E-state index contributed by atoms with van der Waals surface area (Å²) in [5.74, 6) is 0.451. The van der Waals surface area contributed by atoms with Crippen molar-refractivity contribution in [2.24, 2.45) is 17.0 Å². The molecule has 2 heterocycles. The number of carbonyl (C=O) groups is 1. The fraction of sp³-hybridized carbons (Fsp3) is 0.594. The molecule has 4 aliphatic rings. The quantitative estimate of drug-likeness (QED) is 0.426. The van der Waals surface area contributed by atoms with Crippen LogP contribution in [0.3, 0.4) is 0 Å². The van der Waals surface area contributed by atoms with Gasteiger partial charge in [0.25, 0.3) is 0 Å². The van der Waals surface area contributed by atoms with Crippen LogP contribution in [0.5, 0.6) is 5.75 Å². The van der Waals surface area contributed by atoms with E-state index < -0.39 is 21.2 Å². The van der Waals surface area contributed by atoms with Crippen molar-refractivity contribution in [3.63, 3.8) is 0 Å². The third-order valence-corrected chi connectivity index (χ3v) is 11.6. The maximum Gasteiger partial charge on any atom is 0.335 e. The lowest BCUT2D eigenvalue weighted by Gasteiger charge is -2.47. The Bertz CT molecular complexity index is 1470. The minimum atomic E-state index is -3.64. The topological polar surface area (TPSA) is 128 Å². The van der Waals surface area contributed by atoms with Gasteiger partial charge in [-0.3, -0.25) is 0 Å². The number of primary sulfonamides is 1. The van der Waals surface area contributed by atoms with E-state index in [2.05, 4.69) is 17.0 Å². The highest BCUT2D eigenvalue weighted by atomic mass is 35.5. The van der Waals surface area contributed by atoms with E-state index in [4.69, 9.17) is 31.0 Å². The maximum atomic E-state index is 12.0. The second-order valence-corrected chi connectivity index (χ2v) is 15.3. The highest BCUT2D eigenvalue weighted by Gasteiger charge is 2.45. The van der Waals surface area contributed by atoms with Gasteiger partial charge in [0.1, 0.15) is 5.75 Å². The molecule has 2 fully saturated rings. The molecular weight excluding hydrogens is 592 g/mol. The van der Waals surface area contributed by atoms with Crippen molar-refractivity contribution in [2.45, 2.75) is 74.7 Å². The fourth-order valence-corrected chi connectivity index (χ4v) is 7.92. The van der Waals surface area contributed by atoms with Gasteiger partial charge in [-0.2, -0.15) is 0 Å². The molecule has 43 heavy (non-hydrogen) atoms. The summed E-state index contributed by atoms with van der Waals surface area (Å²) >= 11 is 6.38. The molecule has 1 saturated heterocycles. The lowest BCUT2D eigenvalue weighted by molar-refractivity contribution is -0.116. The third kappa shape index (κ3) is 6.40. The van der Waals surface area contributed by atoms with Crippen molar-refractivity contribution in [1.82, 2.24) is 0 Å². The van der Waals surface area contributed by atoms with Gasteiger partial charge in [0.15, 0.2) is 0 Å². The van der Waals surface area contributed by atoms with Gasteiger partial charge in [-0.25, -0.2) is 18.4 Å². The Morgan fingerprint density at radius 2 is 2.07 bits per heavy atom. The average Bonchev–Trinajstić information content (AvgIpc) is 3.10. The molecule has 234 valence electrons. The molecule has 0 radical (unpaired) electrons. The van der Waals surface area contributed by atoms with Gasteiger partial charge in [-0.15, -0.1) is 0 Å². The predicted octanol–water partition coefficient (Wildman–Crippen LogP) is 4.78. The molecule has 11 heteroatoms. The standard InChI is InChI=1S/C32H41ClN2O7S/c1-20(43(34,38)39)17-41-25-10-12-40-30(15-25)26-7-4-23(26)16-35-18-32(11-2-3-21-13-24(33)6-8-27(21)32)19-42-29-9-5-22(31(36)37)14-28(29)35/h5-6,8-9,13-14,20,23,25-26,30H,2-4,7,10-12,15-19H2,1H3,(H,36,37)(H2,34,38,39)/t20-,23+,25-,26-,30-,32+/m1/s1. The fourth-order valence-electron chi connectivity index (χ4n) is 7.45. The minimum Gasteiger partial charge on any atom is -0.490 e. The summed E-state index contributed by atoms with van der Waals surface area (Å²) in [7, 11) is -3.64. The first-order chi connectivity index (χ1) is 20.5. The predicted molar refractivity (Wildman–Crippen MR) is 165 cm³/mol. The molecule has 6 atom stereocenters. The molecule has 2 aromatic rings. The summed E-state index contributed by atoms with van der Waals surface area (Å²) in [5.41, 5.74) is 3.37. The van der Waals surface area contributed by atoms with E-state index in [0.29, 0.717) is 30.8 Å². The number of hydrogen-bond donors (Lipinski definition) is 2. The van der Waals surface area contributed by atoms with Crippen molar-refractivity contribution >= 4 is 33.3 Å². The van der Waals surface area contributed by atoms with Crippen molar-refractivity contribution in [3.8, 4) is 5.75 Å². The van der Waals surface area contributed by atoms with Crippen LogP contribution < -0.4 is 14.8 Å². The number of nitrogens with zero attached hydrogens (tertiary/aromatic N) is 1. The summed E-state index contributed by atoms with van der Waals surface area (Å²) in [6, 6.07) is 11.4. The van der Waals surface area contributed by atoms with Gasteiger partial charge in [-0.1, -0.05) is 17.7 Å². The monoisotopic (exact) mass is 632 g/mol. The number of anilines is 1. The molecule has 9 nitrogen and oxygen atoms in total. The van der Waals surface area contributed by atoms with E-state index in [0.717, 1.165) is 68.7 Å². The zero-order valence-electron chi connectivity index (χ0n) is 24.5. The van der Waals surface area contributed by atoms with Crippen LogP contribution in [0.15, 0.2) is 36.4 Å². The summed E-state index contributed by atoms with van der Waals surface area (Å²) < 4.78 is 42.0. The van der Waals surface area contributed by atoms with Crippen molar-refractivity contribution in [1.29, 1.82) is 0 Å². The zero-order chi connectivity index (χ0) is 30.4. The number of hydrogen-bond acceptors (Lipinski definition) is 7. The summed E-state index contributed by atoms with van der Waals surface area (Å²) in [6.07, 6.45) is 6.52. The van der Waals surface area contributed by atoms with Crippen LogP contribution >= 0.6 is 11.6 Å². The zero-order valence-corrected chi connectivity index (χ0v) is 26.1. The first-order valence-corrected chi connectivity index (χ1v) is 17.3. The number of carboxylic acid groups (broad SMARTS) is 1. The van der Waals surface area contributed by atoms with Crippen LogP contribution in [0, 0.1) is 11.8 Å². The van der Waals surface area contributed by atoms with Gasteiger partial charge < -0.3 is 24.2 Å². The summed E-state index contributed by atoms with van der Waals surface area (Å²) in [5, 5.41) is 15.1. The number of aryl methyl sites for hydroxylation is 1. The molecular formula is C32H41ClN2O7S. The Balaban J connectivity index is 1.23. The van der Waals surface area contributed by atoms with Gasteiger partial charge in [0.05, 0.1) is 41.9 Å². The highest BCUT2D eigenvalue weighted by Crippen LogP contribution is 2.47. The van der Waals surface area contributed by atoms with E-state index in [1.165, 1.54) is 11.1 Å². The second-order valence-electron chi connectivity index (χ2n) is 12.9. The number of benzene rings is 2. The van der Waals surface area contributed by atoms with E-state index in [9.17, 15) is 18.3 Å². The summed E-state index contributed by atoms with van der Waals surface area (Å²) in [4.78, 5) is 14.3. The number of carboxylic acids is 1. The van der Waals surface area contributed by atoms with Gasteiger partial charge in [-0.05, 0) is 98.7 Å². The Morgan fingerprint density at radius 3 is 2.81 bits per heavy atom. The minimum absolute atomic E-state index is 0.0295. The average molecular weight is 633 g/mol. The van der Waals surface area contributed by atoms with Crippen molar-refractivity contribution < 1.29 is 32.5 Å². The van der Waals surface area contributed by atoms with Crippen molar-refractivity contribution in [2.75, 3.05) is 37.8 Å². The second kappa shape index (κ2) is 12.2. The largest absolute Gasteiger partial charge is 0.490 e. The molecule has 2 aliphatic carbocycles. The molecule has 0 aromatic heterocycles. The SMILES string of the molecule is C[C@H](CO[C@@H]1CCO[C@@H]([C@@H]2CC[C@H]2CN2C[C@@]3(CCCc4cc(Cl)ccc43)COc3ccc(C(=O)O)cc32)C1)S(N)(=O)=O. The lowest BCUT2D eigenvalue weighted by atomic mass is 9.67. The van der Waals surface area contributed by atoms with Crippen LogP contribution in [-0.2, 0) is 31.3 Å². The Labute approximate surface area is 258 Å². The van der Waals surface area contributed by atoms with E-state index in [1.54, 1.807) is 25.1 Å². The normalized spacial score (nSPS) is 29.5. The molecule has 1 spiro atoms. The van der Waals surface area contributed by atoms with Gasteiger partial charge in [0.2, 0.25) is 10.0 Å². The molecule has 3 N–H and O–H groups in total. The van der Waals surface area contributed by atoms with Crippen molar-refractivity contribution in [3.05, 3.63) is 58.1 Å². The highest BCUT2D eigenvalue weighted by molar-refractivity contribution is 7.89. The molecule has 2 aliphatic heterocycles. The van der Waals surface area contributed by atoms with E-state index >= 15 is 0 Å². The molecule has 0 amide bonds. The molecule has 0 bridgehead atoms. The van der Waals surface area contributed by atoms with E-state index in [-0.39, 0.29) is 29.8 Å². The Hall–Kier alpha value is -2.37. The molecule has 2 aromatic carbocycles. The number of aromatic carboxylic acids is 1. The van der Waals surface area contributed by atoms with Crippen LogP contribution in [0.2, 0.25) is 5.02 Å². The third-order valence-electron chi connectivity index (χ3n) is 10.1. The number of sulfonamides is 1. The lowest BCUT2D eigenvalue weighted by Crippen LogP contribution is -2.51. The molecule has 1 saturated carbocycles. The Kier molecular flexibility index (Phi) is 8.69. The maximum absolute atomic E-state index is 12.0. The number of rotatable bonds is 8. The number of ether oxygens (including phenoxy) is 3. The smallest absolute Gasteiger partial charge is 0.335 e. The van der Waals surface area contributed by atoms with Gasteiger partial charge >= 0.3 is 5.97 Å². The van der Waals surface area contributed by atoms with Gasteiger partial charge in [0, 0.05) is 36.6 Å². The molecule has 0 unspecified atom stereocenters. The number of nitrogens with two attached hydrogens (primary N) is 1. The summed E-state index contributed by atoms with van der Waals surface area (Å²) in [6.45, 7) is 4.24. The van der Waals surface area contributed by atoms with Crippen LogP contribution in [0.1, 0.15) is 66.9 Å². The Morgan fingerprint density at radius 1 is 1.23 bits per heavy atom. The first-order valence-electron chi connectivity index (χ1n) is 15.3.